The monoisotopic (exact) mass is 255 g/mol. The second-order valence-electron chi connectivity index (χ2n) is 3.25. The van der Waals surface area contributed by atoms with Crippen LogP contribution in [0.25, 0.3) is 0 Å². The minimum atomic E-state index is -0.529. The van der Waals surface area contributed by atoms with Crippen molar-refractivity contribution in [1.82, 2.24) is 0 Å². The Hall–Kier alpha value is -2.11. The van der Waals surface area contributed by atoms with Gasteiger partial charge in [0.05, 0.1) is 25.1 Å². The molecule has 0 bridgehead atoms. The summed E-state index contributed by atoms with van der Waals surface area (Å²) in [7, 11) is 1.45. The van der Waals surface area contributed by atoms with E-state index in [2.05, 4.69) is 6.58 Å². The van der Waals surface area contributed by atoms with Crippen molar-refractivity contribution in [1.29, 1.82) is 0 Å². The number of hydrogen-bond acceptors (Lipinski definition) is 5. The fourth-order valence-electron chi connectivity index (χ4n) is 1.03. The quantitative estimate of drug-likeness (QED) is 0.218. The zero-order chi connectivity index (χ0) is 14.0. The zero-order valence-electron chi connectivity index (χ0n) is 10.5. The van der Waals surface area contributed by atoms with Gasteiger partial charge in [0.2, 0.25) is 5.70 Å². The summed E-state index contributed by atoms with van der Waals surface area (Å²) in [6, 6.07) is 0. The highest BCUT2D eigenvalue weighted by Gasteiger charge is 2.12. The van der Waals surface area contributed by atoms with Crippen LogP contribution in [-0.2, 0) is 14.3 Å². The number of hydrogen-bond donors (Lipinski definition) is 0. The number of esters is 1. The highest BCUT2D eigenvalue weighted by atomic mass is 16.6. The van der Waals surface area contributed by atoms with Gasteiger partial charge >= 0.3 is 5.97 Å². The lowest BCUT2D eigenvalue weighted by Gasteiger charge is -2.00. The smallest absolute Gasteiger partial charge is 0.306 e. The van der Waals surface area contributed by atoms with E-state index in [0.29, 0.717) is 5.76 Å². The maximum atomic E-state index is 11.1. The van der Waals surface area contributed by atoms with Crippen LogP contribution in [0.5, 0.6) is 0 Å². The molecule has 0 heterocycles. The van der Waals surface area contributed by atoms with E-state index in [9.17, 15) is 14.9 Å². The summed E-state index contributed by atoms with van der Waals surface area (Å²) in [4.78, 5) is 21.3. The zero-order valence-corrected chi connectivity index (χ0v) is 10.5. The van der Waals surface area contributed by atoms with Crippen molar-refractivity contribution in [2.45, 2.75) is 19.8 Å². The van der Waals surface area contributed by atoms with Gasteiger partial charge in [-0.05, 0) is 13.0 Å². The minimum absolute atomic E-state index is 0.0142. The van der Waals surface area contributed by atoms with Gasteiger partial charge in [-0.1, -0.05) is 12.7 Å². The Morgan fingerprint density at radius 1 is 1.44 bits per heavy atom. The van der Waals surface area contributed by atoms with E-state index >= 15 is 0 Å². The van der Waals surface area contributed by atoms with E-state index in [-0.39, 0.29) is 25.1 Å². The maximum absolute atomic E-state index is 11.1. The van der Waals surface area contributed by atoms with Gasteiger partial charge in [0.1, 0.15) is 5.76 Å². The first-order valence-electron chi connectivity index (χ1n) is 5.41. The second kappa shape index (κ2) is 8.98. The molecule has 0 atom stereocenters. The Kier molecular flexibility index (Phi) is 7.92. The number of allylic oxidation sites excluding steroid dienone is 4. The van der Waals surface area contributed by atoms with Crippen LogP contribution in [0.15, 0.2) is 36.3 Å². The van der Waals surface area contributed by atoms with Gasteiger partial charge in [0, 0.05) is 12.5 Å². The highest BCUT2D eigenvalue weighted by Crippen LogP contribution is 2.08. The predicted octanol–water partition coefficient (Wildman–Crippen LogP) is 2.21. The van der Waals surface area contributed by atoms with E-state index in [0.717, 1.165) is 0 Å². The number of nitro groups is 1. The van der Waals surface area contributed by atoms with Crippen molar-refractivity contribution in [2.24, 2.45) is 0 Å². The molecule has 0 N–H and O–H groups in total. The molecule has 0 aromatic heterocycles. The normalized spacial score (nSPS) is 11.3. The van der Waals surface area contributed by atoms with Crippen LogP contribution in [-0.4, -0.2) is 24.6 Å². The lowest BCUT2D eigenvalue weighted by Crippen LogP contribution is -2.06. The largest absolute Gasteiger partial charge is 0.497 e. The van der Waals surface area contributed by atoms with E-state index in [1.165, 1.54) is 25.3 Å². The van der Waals surface area contributed by atoms with E-state index in [1.54, 1.807) is 6.92 Å². The molecule has 0 aromatic rings. The second-order valence-corrected chi connectivity index (χ2v) is 3.25. The summed E-state index contributed by atoms with van der Waals surface area (Å²) < 4.78 is 9.46. The Morgan fingerprint density at radius 3 is 2.61 bits per heavy atom. The average molecular weight is 255 g/mol. The van der Waals surface area contributed by atoms with Gasteiger partial charge in [-0.25, -0.2) is 0 Å². The van der Waals surface area contributed by atoms with Crippen molar-refractivity contribution in [3.8, 4) is 0 Å². The van der Waals surface area contributed by atoms with Crippen LogP contribution in [0.4, 0.5) is 0 Å². The minimum Gasteiger partial charge on any atom is -0.497 e. The molecule has 18 heavy (non-hydrogen) atoms. The Balaban J connectivity index is 4.44. The number of ether oxygens (including phenoxy) is 2. The van der Waals surface area contributed by atoms with Gasteiger partial charge in [0.25, 0.3) is 0 Å². The molecule has 0 aliphatic rings. The van der Waals surface area contributed by atoms with Crippen LogP contribution >= 0.6 is 0 Å². The first-order valence-corrected chi connectivity index (χ1v) is 5.41. The number of methoxy groups -OCH3 is 1. The van der Waals surface area contributed by atoms with Crippen LogP contribution < -0.4 is 0 Å². The lowest BCUT2D eigenvalue weighted by molar-refractivity contribution is -0.427. The van der Waals surface area contributed by atoms with Crippen molar-refractivity contribution in [3.05, 3.63) is 46.4 Å². The average Bonchev–Trinajstić information content (AvgIpc) is 2.32. The number of carbonyl (C=O) groups is 1. The summed E-state index contributed by atoms with van der Waals surface area (Å²) in [5, 5.41) is 10.7. The third kappa shape index (κ3) is 7.21. The van der Waals surface area contributed by atoms with Gasteiger partial charge in [-0.3, -0.25) is 14.9 Å². The summed E-state index contributed by atoms with van der Waals surface area (Å²) >= 11 is 0. The molecular weight excluding hydrogens is 238 g/mol. The summed E-state index contributed by atoms with van der Waals surface area (Å²) in [6.45, 7) is 5.48. The molecule has 0 aliphatic heterocycles. The topological polar surface area (TPSA) is 78.7 Å². The van der Waals surface area contributed by atoms with Gasteiger partial charge < -0.3 is 9.47 Å². The van der Waals surface area contributed by atoms with Crippen molar-refractivity contribution in [3.63, 3.8) is 0 Å². The summed E-state index contributed by atoms with van der Waals surface area (Å²) in [5.41, 5.74) is -0.0665. The molecule has 6 heteroatoms. The molecule has 0 rings (SSSR count). The molecule has 0 radical (unpaired) electrons. The summed E-state index contributed by atoms with van der Waals surface area (Å²) in [5.74, 6) is -0.0603. The van der Waals surface area contributed by atoms with Gasteiger partial charge in [-0.2, -0.15) is 0 Å². The molecule has 0 amide bonds. The molecule has 0 spiro atoms. The van der Waals surface area contributed by atoms with Crippen LogP contribution in [0.3, 0.4) is 0 Å². The fourth-order valence-corrected chi connectivity index (χ4v) is 1.03. The lowest BCUT2D eigenvalue weighted by atomic mass is 10.2. The summed E-state index contributed by atoms with van der Waals surface area (Å²) in [6.07, 6.45) is 4.27. The van der Waals surface area contributed by atoms with E-state index < -0.39 is 10.9 Å². The first kappa shape index (κ1) is 15.9. The maximum Gasteiger partial charge on any atom is 0.306 e. The van der Waals surface area contributed by atoms with E-state index in [4.69, 9.17) is 9.47 Å². The van der Waals surface area contributed by atoms with E-state index in [1.807, 2.05) is 0 Å². The van der Waals surface area contributed by atoms with Crippen molar-refractivity contribution in [2.75, 3.05) is 13.7 Å². The number of carbonyl (C=O) groups excluding carboxylic acids is 1. The molecular formula is C12H17NO5. The standard InChI is InChI=1S/C12H17NO5/c1-4-18-12(14)9-8-11(13(15)16)7-5-6-10(2)17-3/h5-7H,2,4,8-9H2,1,3H3/b6-5-,11-7+. The van der Waals surface area contributed by atoms with Crippen molar-refractivity contribution >= 4 is 5.97 Å². The van der Waals surface area contributed by atoms with Gasteiger partial charge in [-0.15, -0.1) is 0 Å². The number of rotatable bonds is 8. The molecule has 6 nitrogen and oxygen atoms in total. The van der Waals surface area contributed by atoms with Gasteiger partial charge in [0.15, 0.2) is 0 Å². The van der Waals surface area contributed by atoms with Crippen LogP contribution in [0.1, 0.15) is 19.8 Å². The van der Waals surface area contributed by atoms with Crippen molar-refractivity contribution < 1.29 is 19.2 Å². The third-order valence-corrected chi connectivity index (χ3v) is 1.96. The highest BCUT2D eigenvalue weighted by molar-refractivity contribution is 5.69. The molecule has 100 valence electrons. The Morgan fingerprint density at radius 2 is 2.11 bits per heavy atom. The molecule has 0 saturated heterocycles. The first-order chi connectivity index (χ1) is 8.51. The Labute approximate surface area is 106 Å². The molecule has 0 saturated carbocycles. The van der Waals surface area contributed by atoms with Crippen LogP contribution in [0, 0.1) is 10.1 Å². The third-order valence-electron chi connectivity index (χ3n) is 1.96. The SMILES string of the molecule is C=C(/C=C\C=C(/CCC(=O)OCC)[N+](=O)[O-])OC. The molecule has 0 fully saturated rings. The van der Waals surface area contributed by atoms with Crippen LogP contribution in [0.2, 0.25) is 0 Å². The number of nitrogens with zero attached hydrogens (tertiary/aromatic N) is 1. The Bertz CT molecular complexity index is 371. The fraction of sp³-hybridized carbons (Fsp3) is 0.417. The molecule has 0 unspecified atom stereocenters. The molecule has 0 aromatic carbocycles. The molecule has 0 aliphatic carbocycles. The predicted molar refractivity (Wildman–Crippen MR) is 66.2 cm³/mol.